The molecule has 1 aromatic heterocycles. The number of hydrogen-bond acceptors (Lipinski definition) is 12. The van der Waals surface area contributed by atoms with Crippen molar-refractivity contribution in [2.24, 2.45) is 12.8 Å². The average molecular weight is 520 g/mol. The van der Waals surface area contributed by atoms with E-state index >= 15 is 0 Å². The normalized spacial score (nSPS) is 23.1. The van der Waals surface area contributed by atoms with Crippen molar-refractivity contribution >= 4 is 59.0 Å². The number of fused-ring (bicyclic) bond motifs is 1. The summed E-state index contributed by atoms with van der Waals surface area (Å²) in [5.74, 6) is -3.32. The Labute approximate surface area is 200 Å². The van der Waals surface area contributed by atoms with E-state index in [-0.39, 0.29) is 28.7 Å². The summed E-state index contributed by atoms with van der Waals surface area (Å²) in [6.07, 6.45) is 0. The van der Waals surface area contributed by atoms with Crippen molar-refractivity contribution in [3.05, 3.63) is 11.3 Å². The van der Waals surface area contributed by atoms with Gasteiger partial charge in [-0.15, -0.1) is 28.6 Å². The second-order valence-corrected chi connectivity index (χ2v) is 9.96. The monoisotopic (exact) mass is 519 g/mol. The first-order valence-electron chi connectivity index (χ1n) is 9.30. The first-order chi connectivity index (χ1) is 15.6. The van der Waals surface area contributed by atoms with Crippen LogP contribution in [0, 0.1) is 0 Å². The fourth-order valence-electron chi connectivity index (χ4n) is 3.14. The Morgan fingerprint density at radius 1 is 1.42 bits per heavy atom. The third-order valence-corrected chi connectivity index (χ3v) is 8.30. The summed E-state index contributed by atoms with van der Waals surface area (Å²) >= 11 is 3.50. The highest BCUT2D eigenvalue weighted by Crippen LogP contribution is 2.47. The van der Waals surface area contributed by atoms with E-state index in [4.69, 9.17) is 15.6 Å². The molecular weight excluding hydrogens is 498 g/mol. The molecule has 1 saturated heterocycles. The number of carbonyl (C=O) groups excluding carboxylic acids is 2. The van der Waals surface area contributed by atoms with Gasteiger partial charge in [0.15, 0.2) is 0 Å². The second kappa shape index (κ2) is 10.3. The molecule has 2 aliphatic heterocycles. The Hall–Kier alpha value is -2.34. The van der Waals surface area contributed by atoms with Gasteiger partial charge in [0.1, 0.15) is 17.1 Å². The number of nitrogens with one attached hydrogen (secondary N) is 1. The van der Waals surface area contributed by atoms with Crippen molar-refractivity contribution in [2.75, 3.05) is 30.1 Å². The number of aromatic nitrogens is 4. The topological polar surface area (TPSA) is 203 Å². The largest absolute Gasteiger partial charge is 0.480 e. The molecule has 17 heteroatoms. The molecule has 0 radical (unpaired) electrons. The molecule has 0 unspecified atom stereocenters. The van der Waals surface area contributed by atoms with Gasteiger partial charge >= 0.3 is 11.9 Å². The molecule has 3 rings (SSSR count). The third kappa shape index (κ3) is 4.96. The van der Waals surface area contributed by atoms with Gasteiger partial charge in [0.05, 0.1) is 5.75 Å². The average Bonchev–Trinajstić information content (AvgIpc) is 3.19. The lowest BCUT2D eigenvalue weighted by atomic mass is 9.98. The number of methoxy groups -OCH3 is 1. The number of tetrazole rings is 1. The number of aryl methyl sites for hydroxylation is 1. The number of thioether (sulfide) groups is 3. The van der Waals surface area contributed by atoms with Crippen LogP contribution in [-0.2, 0) is 31.0 Å². The minimum absolute atomic E-state index is 0.00888. The van der Waals surface area contributed by atoms with Crippen LogP contribution in [0.3, 0.4) is 0 Å². The predicted octanol–water partition coefficient (Wildman–Crippen LogP) is -1.84. The van der Waals surface area contributed by atoms with E-state index in [1.165, 1.54) is 35.3 Å². The van der Waals surface area contributed by atoms with Crippen molar-refractivity contribution in [3.8, 4) is 0 Å². The molecule has 180 valence electrons. The van der Waals surface area contributed by atoms with Gasteiger partial charge < -0.3 is 26.0 Å². The Morgan fingerprint density at radius 2 is 2.15 bits per heavy atom. The van der Waals surface area contributed by atoms with Gasteiger partial charge in [-0.2, -0.15) is 0 Å². The Morgan fingerprint density at radius 3 is 2.73 bits per heavy atom. The summed E-state index contributed by atoms with van der Waals surface area (Å²) in [5.41, 5.74) is 4.05. The quantitative estimate of drug-likeness (QED) is 0.144. The number of carboxylic acids is 2. The Kier molecular flexibility index (Phi) is 7.88. The number of nitrogens with zero attached hydrogens (tertiary/aromatic N) is 5. The molecule has 1 fully saturated rings. The van der Waals surface area contributed by atoms with Crippen molar-refractivity contribution in [2.45, 2.75) is 22.3 Å². The predicted molar refractivity (Wildman–Crippen MR) is 118 cm³/mol. The summed E-state index contributed by atoms with van der Waals surface area (Å²) in [4.78, 5) is 49.3. The van der Waals surface area contributed by atoms with Crippen LogP contribution in [0.4, 0.5) is 0 Å². The summed E-state index contributed by atoms with van der Waals surface area (Å²) in [6.45, 7) is 0. The van der Waals surface area contributed by atoms with Gasteiger partial charge in [-0.3, -0.25) is 19.3 Å². The van der Waals surface area contributed by atoms with Crippen LogP contribution in [0.15, 0.2) is 16.4 Å². The van der Waals surface area contributed by atoms with E-state index in [2.05, 4.69) is 20.8 Å². The van der Waals surface area contributed by atoms with E-state index in [1.54, 1.807) is 7.05 Å². The van der Waals surface area contributed by atoms with E-state index < -0.39 is 40.9 Å². The number of hydrogen-bond donors (Lipinski definition) is 4. The highest BCUT2D eigenvalue weighted by Gasteiger charge is 2.66. The SMILES string of the molecule is CO[C@]1(NC(=O)CSC[C@@H](N)C(=O)O)C(=O)N2C(C(=O)O)=C(CSc3nnnn3C)CS[C@H]21. The lowest BCUT2D eigenvalue weighted by molar-refractivity contribution is -0.192. The Bertz CT molecular complexity index is 1000. The third-order valence-electron chi connectivity index (χ3n) is 4.76. The number of β-lactam (4-membered cyclic amide) rings is 1. The molecule has 2 aliphatic rings. The van der Waals surface area contributed by atoms with Crippen LogP contribution in [0.1, 0.15) is 0 Å². The maximum absolute atomic E-state index is 13.0. The lowest BCUT2D eigenvalue weighted by Gasteiger charge is -2.55. The summed E-state index contributed by atoms with van der Waals surface area (Å²) < 4.78 is 6.82. The maximum atomic E-state index is 13.0. The van der Waals surface area contributed by atoms with Crippen LogP contribution in [0.2, 0.25) is 0 Å². The first kappa shape index (κ1) is 25.3. The number of carboxylic acid groups (broad SMARTS) is 2. The number of aliphatic carboxylic acids is 2. The van der Waals surface area contributed by atoms with Crippen LogP contribution >= 0.6 is 35.3 Å². The standard InChI is InChI=1S/C16H21N7O7S3/c1-22-15(19-20-21-22)33-4-7-3-32-14-16(30-2,13(29)23(14)10(7)12(27)28)18-9(24)6-31-5-8(17)11(25)26/h8,14H,3-6,17H2,1-2H3,(H,18,24)(H,25,26)(H,27,28)/t8-,14+,16-/m1/s1. The van der Waals surface area contributed by atoms with E-state index in [0.29, 0.717) is 10.7 Å². The van der Waals surface area contributed by atoms with Crippen molar-refractivity contribution < 1.29 is 34.1 Å². The van der Waals surface area contributed by atoms with Gasteiger partial charge in [-0.1, -0.05) is 11.8 Å². The fraction of sp³-hybridized carbons (Fsp3) is 0.562. The van der Waals surface area contributed by atoms with Gasteiger partial charge in [0.25, 0.3) is 11.6 Å². The minimum Gasteiger partial charge on any atom is -0.480 e. The molecule has 14 nitrogen and oxygen atoms in total. The Balaban J connectivity index is 1.70. The summed E-state index contributed by atoms with van der Waals surface area (Å²) in [7, 11) is 2.91. The van der Waals surface area contributed by atoms with Crippen LogP contribution in [0.25, 0.3) is 0 Å². The van der Waals surface area contributed by atoms with E-state index in [1.807, 2.05) is 0 Å². The fourth-order valence-corrected chi connectivity index (χ4v) is 6.34. The van der Waals surface area contributed by atoms with Gasteiger partial charge in [0.2, 0.25) is 11.1 Å². The number of amides is 2. The summed E-state index contributed by atoms with van der Waals surface area (Å²) in [5, 5.41) is 31.9. The second-order valence-electron chi connectivity index (χ2n) is 6.92. The van der Waals surface area contributed by atoms with Crippen LogP contribution in [-0.4, -0.2) is 106 Å². The molecule has 0 saturated carbocycles. The van der Waals surface area contributed by atoms with E-state index in [9.17, 15) is 24.3 Å². The number of nitrogens with two attached hydrogens (primary N) is 1. The van der Waals surface area contributed by atoms with Crippen LogP contribution < -0.4 is 11.1 Å². The molecule has 33 heavy (non-hydrogen) atoms. The number of rotatable bonds is 11. The number of ether oxygens (including phenoxy) is 1. The van der Waals surface area contributed by atoms with Crippen molar-refractivity contribution in [1.29, 1.82) is 0 Å². The van der Waals surface area contributed by atoms with Gasteiger partial charge in [0, 0.05) is 31.4 Å². The zero-order chi connectivity index (χ0) is 24.3. The smallest absolute Gasteiger partial charge is 0.352 e. The highest BCUT2D eigenvalue weighted by molar-refractivity contribution is 8.01. The lowest BCUT2D eigenvalue weighted by Crippen LogP contribution is -2.80. The molecule has 0 spiro atoms. The molecular formula is C16H21N7O7S3. The maximum Gasteiger partial charge on any atom is 0.352 e. The van der Waals surface area contributed by atoms with Gasteiger partial charge in [-0.05, 0) is 16.0 Å². The molecule has 5 N–H and O–H groups in total. The molecule has 0 bridgehead atoms. The molecule has 0 aliphatic carbocycles. The first-order valence-corrected chi connectivity index (χ1v) is 12.5. The van der Waals surface area contributed by atoms with Crippen molar-refractivity contribution in [3.63, 3.8) is 0 Å². The highest BCUT2D eigenvalue weighted by atomic mass is 32.2. The summed E-state index contributed by atoms with van der Waals surface area (Å²) in [6, 6.07) is -1.12. The molecule has 3 atom stereocenters. The zero-order valence-corrected chi connectivity index (χ0v) is 19.9. The molecule has 3 heterocycles. The van der Waals surface area contributed by atoms with Crippen molar-refractivity contribution in [1.82, 2.24) is 30.4 Å². The molecule has 1 aromatic rings. The molecule has 2 amide bonds. The van der Waals surface area contributed by atoms with Gasteiger partial charge in [-0.25, -0.2) is 9.48 Å². The molecule has 0 aromatic carbocycles. The number of carbonyl (C=O) groups is 4. The zero-order valence-electron chi connectivity index (χ0n) is 17.5. The van der Waals surface area contributed by atoms with E-state index in [0.717, 1.165) is 16.7 Å². The van der Waals surface area contributed by atoms with Crippen LogP contribution in [0.5, 0.6) is 0 Å². The minimum atomic E-state index is -1.72.